The van der Waals surface area contributed by atoms with Crippen LogP contribution in [0.15, 0.2) is 29.2 Å². The Hall–Kier alpha value is -2.44. The number of carbonyl (C=O) groups is 1. The van der Waals surface area contributed by atoms with Crippen molar-refractivity contribution >= 4 is 16.9 Å². The number of carboxylic acids is 1. The summed E-state index contributed by atoms with van der Waals surface area (Å²) in [6.07, 6.45) is 2.82. The van der Waals surface area contributed by atoms with Gasteiger partial charge in [-0.3, -0.25) is 4.79 Å². The normalized spacial score (nSPS) is 14.6. The molecule has 0 amide bonds. The van der Waals surface area contributed by atoms with Crippen molar-refractivity contribution in [2.45, 2.75) is 25.5 Å². The number of nitrogens with zero attached hydrogens (tertiary/aromatic N) is 1. The molecule has 1 saturated carbocycles. The topological polar surface area (TPSA) is 68.5 Å². The summed E-state index contributed by atoms with van der Waals surface area (Å²) >= 11 is 0. The Kier molecular flexibility index (Phi) is 3.12. The molecule has 110 valence electrons. The smallest absolute Gasteiger partial charge is 0.387 e. The van der Waals surface area contributed by atoms with Gasteiger partial charge in [0.1, 0.15) is 5.56 Å². The predicted molar refractivity (Wildman–Crippen MR) is 70.1 cm³/mol. The van der Waals surface area contributed by atoms with Crippen LogP contribution in [0.25, 0.3) is 10.9 Å². The molecule has 0 saturated heterocycles. The Balaban J connectivity index is 2.35. The van der Waals surface area contributed by atoms with E-state index in [4.69, 9.17) is 5.11 Å². The van der Waals surface area contributed by atoms with E-state index < -0.39 is 18.0 Å². The van der Waals surface area contributed by atoms with Crippen LogP contribution >= 0.6 is 0 Å². The number of alkyl halides is 2. The third kappa shape index (κ3) is 2.35. The van der Waals surface area contributed by atoms with Crippen LogP contribution in [0.5, 0.6) is 5.75 Å². The highest BCUT2D eigenvalue weighted by molar-refractivity contribution is 5.94. The number of halogens is 2. The molecular formula is C14H11F2NO4. The van der Waals surface area contributed by atoms with Crippen molar-refractivity contribution in [3.63, 3.8) is 0 Å². The Morgan fingerprint density at radius 1 is 1.38 bits per heavy atom. The molecule has 21 heavy (non-hydrogen) atoms. The zero-order valence-corrected chi connectivity index (χ0v) is 10.8. The molecule has 0 radical (unpaired) electrons. The van der Waals surface area contributed by atoms with Crippen molar-refractivity contribution in [1.29, 1.82) is 0 Å². The summed E-state index contributed by atoms with van der Waals surface area (Å²) in [5.41, 5.74) is -0.854. The van der Waals surface area contributed by atoms with Crippen LogP contribution in [0.3, 0.4) is 0 Å². The van der Waals surface area contributed by atoms with Crippen molar-refractivity contribution in [3.05, 3.63) is 40.2 Å². The standard InChI is InChI=1S/C14H11F2NO4/c15-14(16)21-10-3-1-2-8-11(10)17(7-4-5-7)6-9(12(8)18)13(19)20/h1-3,6-7,14H,4-5H2,(H,19,20). The molecule has 0 aliphatic heterocycles. The molecule has 1 aromatic carbocycles. The fourth-order valence-electron chi connectivity index (χ4n) is 2.36. The van der Waals surface area contributed by atoms with Gasteiger partial charge in [0.25, 0.3) is 0 Å². The lowest BCUT2D eigenvalue weighted by molar-refractivity contribution is -0.0490. The summed E-state index contributed by atoms with van der Waals surface area (Å²) in [7, 11) is 0. The lowest BCUT2D eigenvalue weighted by atomic mass is 10.1. The van der Waals surface area contributed by atoms with Crippen LogP contribution in [0.2, 0.25) is 0 Å². The third-order valence-corrected chi connectivity index (χ3v) is 3.40. The van der Waals surface area contributed by atoms with Crippen LogP contribution in [-0.2, 0) is 0 Å². The van der Waals surface area contributed by atoms with Crippen LogP contribution in [-0.4, -0.2) is 22.3 Å². The van der Waals surface area contributed by atoms with Gasteiger partial charge in [-0.05, 0) is 25.0 Å². The van der Waals surface area contributed by atoms with Gasteiger partial charge in [-0.25, -0.2) is 4.79 Å². The zero-order valence-electron chi connectivity index (χ0n) is 10.8. The lowest BCUT2D eigenvalue weighted by Gasteiger charge is -2.15. The minimum Gasteiger partial charge on any atom is -0.477 e. The van der Waals surface area contributed by atoms with E-state index in [0.717, 1.165) is 12.8 Å². The number of aromatic carboxylic acids is 1. The number of benzene rings is 1. The van der Waals surface area contributed by atoms with E-state index in [1.807, 2.05) is 0 Å². The maximum Gasteiger partial charge on any atom is 0.387 e. The van der Waals surface area contributed by atoms with Crippen molar-refractivity contribution in [2.24, 2.45) is 0 Å². The van der Waals surface area contributed by atoms with Crippen molar-refractivity contribution < 1.29 is 23.4 Å². The van der Waals surface area contributed by atoms with Crippen LogP contribution in [0.1, 0.15) is 29.2 Å². The minimum atomic E-state index is -3.02. The summed E-state index contributed by atoms with van der Waals surface area (Å²) < 4.78 is 31.0. The Morgan fingerprint density at radius 3 is 2.67 bits per heavy atom. The molecule has 0 spiro atoms. The molecule has 1 aromatic heterocycles. The molecule has 1 aliphatic carbocycles. The van der Waals surface area contributed by atoms with Crippen molar-refractivity contribution in [3.8, 4) is 5.75 Å². The van der Waals surface area contributed by atoms with Crippen molar-refractivity contribution in [2.75, 3.05) is 0 Å². The van der Waals surface area contributed by atoms with Crippen molar-refractivity contribution in [1.82, 2.24) is 4.57 Å². The van der Waals surface area contributed by atoms with E-state index >= 15 is 0 Å². The summed E-state index contributed by atoms with van der Waals surface area (Å²) in [5.74, 6) is -1.46. The minimum absolute atomic E-state index is 0.00798. The number of hydrogen-bond acceptors (Lipinski definition) is 3. The molecule has 1 heterocycles. The van der Waals surface area contributed by atoms with Gasteiger partial charge in [-0.15, -0.1) is 0 Å². The molecule has 3 rings (SSSR count). The second-order valence-electron chi connectivity index (χ2n) is 4.85. The van der Waals surface area contributed by atoms with Gasteiger partial charge in [0.15, 0.2) is 5.75 Å². The highest BCUT2D eigenvalue weighted by Crippen LogP contribution is 2.39. The molecule has 0 unspecified atom stereocenters. The molecule has 7 heteroatoms. The van der Waals surface area contributed by atoms with Gasteiger partial charge < -0.3 is 14.4 Å². The van der Waals surface area contributed by atoms with Gasteiger partial charge in [-0.1, -0.05) is 6.07 Å². The molecule has 2 aromatic rings. The second kappa shape index (κ2) is 4.83. The number of para-hydroxylation sites is 1. The molecule has 0 atom stereocenters. The predicted octanol–water partition coefficient (Wildman–Crippen LogP) is 2.64. The first-order valence-electron chi connectivity index (χ1n) is 6.35. The monoisotopic (exact) mass is 295 g/mol. The summed E-state index contributed by atoms with van der Waals surface area (Å²) in [4.78, 5) is 23.3. The van der Waals surface area contributed by atoms with E-state index in [1.54, 1.807) is 4.57 Å². The van der Waals surface area contributed by atoms with Crippen LogP contribution in [0, 0.1) is 0 Å². The fraction of sp³-hybridized carbons (Fsp3) is 0.286. The molecule has 1 N–H and O–H groups in total. The largest absolute Gasteiger partial charge is 0.477 e. The van der Waals surface area contributed by atoms with Gasteiger partial charge in [-0.2, -0.15) is 8.78 Å². The number of hydrogen-bond donors (Lipinski definition) is 1. The van der Waals surface area contributed by atoms with Crippen LogP contribution < -0.4 is 10.2 Å². The quantitative estimate of drug-likeness (QED) is 0.941. The van der Waals surface area contributed by atoms with Gasteiger partial charge in [0, 0.05) is 12.2 Å². The Bertz CT molecular complexity index is 780. The molecular weight excluding hydrogens is 284 g/mol. The second-order valence-corrected chi connectivity index (χ2v) is 4.85. The highest BCUT2D eigenvalue weighted by Gasteiger charge is 2.28. The summed E-state index contributed by atoms with van der Waals surface area (Å²) in [6, 6.07) is 4.16. The number of pyridine rings is 1. The highest BCUT2D eigenvalue weighted by atomic mass is 19.3. The van der Waals surface area contributed by atoms with E-state index in [2.05, 4.69) is 4.74 Å². The van der Waals surface area contributed by atoms with E-state index in [0.29, 0.717) is 0 Å². The first kappa shape index (κ1) is 13.5. The Labute approximate surface area is 117 Å². The van der Waals surface area contributed by atoms with Gasteiger partial charge in [0.2, 0.25) is 5.43 Å². The number of aromatic nitrogens is 1. The van der Waals surface area contributed by atoms with Crippen LogP contribution in [0.4, 0.5) is 8.78 Å². The molecule has 5 nitrogen and oxygen atoms in total. The first-order chi connectivity index (χ1) is 9.99. The number of rotatable bonds is 4. The molecule has 1 fully saturated rings. The Morgan fingerprint density at radius 2 is 2.10 bits per heavy atom. The summed E-state index contributed by atoms with van der Waals surface area (Å²) in [5, 5.41) is 9.17. The number of fused-ring (bicyclic) bond motifs is 1. The molecule has 0 bridgehead atoms. The van der Waals surface area contributed by atoms with E-state index in [-0.39, 0.29) is 28.3 Å². The first-order valence-corrected chi connectivity index (χ1v) is 6.35. The summed E-state index contributed by atoms with van der Waals surface area (Å²) in [6.45, 7) is -3.02. The average molecular weight is 295 g/mol. The molecule has 1 aliphatic rings. The van der Waals surface area contributed by atoms with E-state index in [9.17, 15) is 18.4 Å². The lowest BCUT2D eigenvalue weighted by Crippen LogP contribution is -2.19. The van der Waals surface area contributed by atoms with Gasteiger partial charge in [0.05, 0.1) is 10.9 Å². The van der Waals surface area contributed by atoms with E-state index in [1.165, 1.54) is 24.4 Å². The number of carboxylic acid groups (broad SMARTS) is 1. The average Bonchev–Trinajstić information content (AvgIpc) is 3.23. The maximum atomic E-state index is 12.5. The number of ether oxygens (including phenoxy) is 1. The van der Waals surface area contributed by atoms with Gasteiger partial charge >= 0.3 is 12.6 Å². The zero-order chi connectivity index (χ0) is 15.1. The fourth-order valence-corrected chi connectivity index (χ4v) is 2.36. The maximum absolute atomic E-state index is 12.5. The third-order valence-electron chi connectivity index (χ3n) is 3.40. The SMILES string of the molecule is O=C(O)c1cn(C2CC2)c2c(OC(F)F)cccc2c1=O.